The van der Waals surface area contributed by atoms with Crippen LogP contribution in [0.5, 0.6) is 0 Å². The van der Waals surface area contributed by atoms with Crippen molar-refractivity contribution in [1.82, 2.24) is 5.32 Å². The van der Waals surface area contributed by atoms with Crippen molar-refractivity contribution in [3.63, 3.8) is 0 Å². The van der Waals surface area contributed by atoms with E-state index >= 15 is 0 Å². The first kappa shape index (κ1) is 8.31. The summed E-state index contributed by atoms with van der Waals surface area (Å²) in [6.45, 7) is 0.738. The Kier molecular flexibility index (Phi) is 2.06. The average molecular weight is 181 g/mol. The molecule has 70 valence electrons. The molecule has 4 heteroatoms. The second-order valence-corrected chi connectivity index (χ2v) is 3.18. The van der Waals surface area contributed by atoms with Crippen molar-refractivity contribution in [1.29, 1.82) is 0 Å². The Morgan fingerprint density at radius 3 is 3.15 bits per heavy atom. The largest absolute Gasteiger partial charge is 0.481 e. The van der Waals surface area contributed by atoms with Crippen LogP contribution in [-0.2, 0) is 4.79 Å². The molecule has 0 spiro atoms. The molecule has 0 amide bonds. The molecular formula is C9H11NO3. The van der Waals surface area contributed by atoms with E-state index in [1.807, 2.05) is 0 Å². The lowest BCUT2D eigenvalue weighted by atomic mass is 9.99. The molecule has 0 aromatic carbocycles. The monoisotopic (exact) mass is 181 g/mol. The van der Waals surface area contributed by atoms with E-state index in [1.54, 1.807) is 18.4 Å². The molecule has 1 aromatic heterocycles. The minimum atomic E-state index is -0.758. The first-order valence-electron chi connectivity index (χ1n) is 4.28. The number of aliphatic carboxylic acids is 1. The van der Waals surface area contributed by atoms with E-state index in [1.165, 1.54) is 0 Å². The first-order chi connectivity index (χ1) is 6.29. The Hall–Kier alpha value is -1.29. The van der Waals surface area contributed by atoms with E-state index in [4.69, 9.17) is 9.52 Å². The molecular weight excluding hydrogens is 170 g/mol. The highest BCUT2D eigenvalue weighted by molar-refractivity contribution is 5.71. The maximum absolute atomic E-state index is 10.8. The maximum atomic E-state index is 10.8. The van der Waals surface area contributed by atoms with Crippen molar-refractivity contribution in [3.8, 4) is 0 Å². The molecule has 2 heterocycles. The van der Waals surface area contributed by atoms with Gasteiger partial charge in [-0.05, 0) is 25.1 Å². The molecule has 0 bridgehead atoms. The summed E-state index contributed by atoms with van der Waals surface area (Å²) < 4.78 is 5.17. The molecule has 4 nitrogen and oxygen atoms in total. The molecule has 2 rings (SSSR count). The SMILES string of the molecule is O=C(O)C1CCNC1c1ccco1. The smallest absolute Gasteiger partial charge is 0.308 e. The summed E-state index contributed by atoms with van der Waals surface area (Å²) in [7, 11) is 0. The standard InChI is InChI=1S/C9H11NO3/c11-9(12)6-3-4-10-8(6)7-2-1-5-13-7/h1-2,5-6,8,10H,3-4H2,(H,11,12). The van der Waals surface area contributed by atoms with Crippen LogP contribution in [0.3, 0.4) is 0 Å². The van der Waals surface area contributed by atoms with Gasteiger partial charge in [-0.25, -0.2) is 0 Å². The van der Waals surface area contributed by atoms with Crippen molar-refractivity contribution in [2.45, 2.75) is 12.5 Å². The lowest BCUT2D eigenvalue weighted by Gasteiger charge is -2.12. The summed E-state index contributed by atoms with van der Waals surface area (Å²) in [4.78, 5) is 10.8. The Morgan fingerprint density at radius 1 is 1.69 bits per heavy atom. The predicted octanol–water partition coefficient (Wildman–Crippen LogP) is 1.01. The molecule has 0 radical (unpaired) electrons. The average Bonchev–Trinajstić information content (AvgIpc) is 2.74. The van der Waals surface area contributed by atoms with Gasteiger partial charge < -0.3 is 14.8 Å². The van der Waals surface area contributed by atoms with E-state index in [0.717, 1.165) is 6.54 Å². The highest BCUT2D eigenvalue weighted by atomic mass is 16.4. The van der Waals surface area contributed by atoms with Gasteiger partial charge in [-0.3, -0.25) is 4.79 Å². The van der Waals surface area contributed by atoms with Crippen LogP contribution in [-0.4, -0.2) is 17.6 Å². The fourth-order valence-corrected chi connectivity index (χ4v) is 1.74. The molecule has 1 aliphatic heterocycles. The lowest BCUT2D eigenvalue weighted by Crippen LogP contribution is -2.22. The number of nitrogens with one attached hydrogen (secondary N) is 1. The third kappa shape index (κ3) is 1.45. The van der Waals surface area contributed by atoms with Crippen LogP contribution >= 0.6 is 0 Å². The van der Waals surface area contributed by atoms with Gasteiger partial charge >= 0.3 is 5.97 Å². The van der Waals surface area contributed by atoms with Crippen molar-refractivity contribution in [3.05, 3.63) is 24.2 Å². The fraction of sp³-hybridized carbons (Fsp3) is 0.444. The van der Waals surface area contributed by atoms with Gasteiger partial charge in [0.25, 0.3) is 0 Å². The molecule has 2 N–H and O–H groups in total. The Labute approximate surface area is 75.6 Å². The van der Waals surface area contributed by atoms with E-state index in [9.17, 15) is 4.79 Å². The van der Waals surface area contributed by atoms with Crippen molar-refractivity contribution in [2.24, 2.45) is 5.92 Å². The summed E-state index contributed by atoms with van der Waals surface area (Å²) in [5, 5.41) is 12.0. The summed E-state index contributed by atoms with van der Waals surface area (Å²) in [6, 6.07) is 3.42. The fourth-order valence-electron chi connectivity index (χ4n) is 1.74. The van der Waals surface area contributed by atoms with Gasteiger partial charge in [0, 0.05) is 0 Å². The number of hydrogen-bond acceptors (Lipinski definition) is 3. The van der Waals surface area contributed by atoms with Crippen LogP contribution in [0.4, 0.5) is 0 Å². The highest BCUT2D eigenvalue weighted by Crippen LogP contribution is 2.29. The molecule has 1 aromatic rings. The number of hydrogen-bond donors (Lipinski definition) is 2. The topological polar surface area (TPSA) is 62.5 Å². The summed E-state index contributed by atoms with van der Waals surface area (Å²) in [5.41, 5.74) is 0. The molecule has 2 unspecified atom stereocenters. The Bertz CT molecular complexity index is 294. The number of carbonyl (C=O) groups is 1. The van der Waals surface area contributed by atoms with Gasteiger partial charge in [-0.2, -0.15) is 0 Å². The second-order valence-electron chi connectivity index (χ2n) is 3.18. The Morgan fingerprint density at radius 2 is 2.54 bits per heavy atom. The summed E-state index contributed by atoms with van der Waals surface area (Å²) >= 11 is 0. The van der Waals surface area contributed by atoms with Gasteiger partial charge in [0.2, 0.25) is 0 Å². The van der Waals surface area contributed by atoms with Gasteiger partial charge in [0.15, 0.2) is 0 Å². The van der Waals surface area contributed by atoms with Crippen LogP contribution in [0.15, 0.2) is 22.8 Å². The highest BCUT2D eigenvalue weighted by Gasteiger charge is 2.35. The van der Waals surface area contributed by atoms with E-state index < -0.39 is 5.97 Å². The molecule has 1 aliphatic rings. The predicted molar refractivity (Wildman–Crippen MR) is 45.2 cm³/mol. The minimum Gasteiger partial charge on any atom is -0.481 e. The number of furan rings is 1. The molecule has 1 fully saturated rings. The van der Waals surface area contributed by atoms with Crippen LogP contribution < -0.4 is 5.32 Å². The Balaban J connectivity index is 2.19. The van der Waals surface area contributed by atoms with Crippen LogP contribution in [0.25, 0.3) is 0 Å². The zero-order chi connectivity index (χ0) is 9.26. The number of rotatable bonds is 2. The van der Waals surface area contributed by atoms with Gasteiger partial charge in [-0.15, -0.1) is 0 Å². The third-order valence-corrected chi connectivity index (χ3v) is 2.39. The summed E-state index contributed by atoms with van der Waals surface area (Å²) in [5.74, 6) is -0.401. The first-order valence-corrected chi connectivity index (χ1v) is 4.28. The molecule has 0 saturated carbocycles. The molecule has 0 aliphatic carbocycles. The normalized spacial score (nSPS) is 27.7. The zero-order valence-electron chi connectivity index (χ0n) is 7.06. The molecule has 1 saturated heterocycles. The van der Waals surface area contributed by atoms with Gasteiger partial charge in [0.1, 0.15) is 5.76 Å². The van der Waals surface area contributed by atoms with Gasteiger partial charge in [0.05, 0.1) is 18.2 Å². The van der Waals surface area contributed by atoms with Crippen LogP contribution in [0.1, 0.15) is 18.2 Å². The van der Waals surface area contributed by atoms with E-state index in [-0.39, 0.29) is 12.0 Å². The summed E-state index contributed by atoms with van der Waals surface area (Å²) in [6.07, 6.45) is 2.23. The van der Waals surface area contributed by atoms with Crippen molar-refractivity contribution >= 4 is 5.97 Å². The second kappa shape index (κ2) is 3.22. The van der Waals surface area contributed by atoms with Gasteiger partial charge in [-0.1, -0.05) is 0 Å². The van der Waals surface area contributed by atoms with E-state index in [0.29, 0.717) is 12.2 Å². The quantitative estimate of drug-likeness (QED) is 0.714. The van der Waals surface area contributed by atoms with Crippen LogP contribution in [0, 0.1) is 5.92 Å². The minimum absolute atomic E-state index is 0.160. The lowest BCUT2D eigenvalue weighted by molar-refractivity contribution is -0.142. The molecule has 2 atom stereocenters. The number of carboxylic acid groups (broad SMARTS) is 1. The maximum Gasteiger partial charge on any atom is 0.308 e. The number of carboxylic acids is 1. The van der Waals surface area contributed by atoms with Crippen molar-refractivity contribution in [2.75, 3.05) is 6.54 Å². The third-order valence-electron chi connectivity index (χ3n) is 2.39. The molecule has 13 heavy (non-hydrogen) atoms. The van der Waals surface area contributed by atoms with Crippen LogP contribution in [0.2, 0.25) is 0 Å². The zero-order valence-corrected chi connectivity index (χ0v) is 7.06. The van der Waals surface area contributed by atoms with E-state index in [2.05, 4.69) is 5.32 Å². The van der Waals surface area contributed by atoms with Crippen molar-refractivity contribution < 1.29 is 14.3 Å².